The van der Waals surface area contributed by atoms with Crippen LogP contribution in [0.25, 0.3) is 0 Å². The Labute approximate surface area is 117 Å². The number of nitrogens with two attached hydrogens (primary N) is 1. The Morgan fingerprint density at radius 1 is 1.50 bits per heavy atom. The fourth-order valence-corrected chi connectivity index (χ4v) is 2.00. The van der Waals surface area contributed by atoms with Gasteiger partial charge in [0, 0.05) is 13.6 Å². The zero-order valence-electron chi connectivity index (χ0n) is 11.8. The van der Waals surface area contributed by atoms with E-state index in [9.17, 15) is 14.9 Å². The molecular weight excluding hydrogens is 260 g/mol. The molecule has 0 saturated carbocycles. The van der Waals surface area contributed by atoms with E-state index in [0.717, 1.165) is 12.8 Å². The predicted octanol–water partition coefficient (Wildman–Crippen LogP) is 1.73. The number of para-hydroxylation sites is 1. The van der Waals surface area contributed by atoms with Gasteiger partial charge >= 0.3 is 5.69 Å². The van der Waals surface area contributed by atoms with Crippen molar-refractivity contribution in [3.8, 4) is 0 Å². The Balaban J connectivity index is 3.23. The molecule has 1 rings (SSSR count). The standard InChI is InChI=1S/C13H20N4O3/c1-3-4-8-16(9-12(14)18)11-7-5-6-10(15-2)13(11)17(19)20/h5-7,15H,3-4,8-9H2,1-2H3,(H2,14,18). The van der Waals surface area contributed by atoms with Crippen molar-refractivity contribution in [3.63, 3.8) is 0 Å². The molecule has 3 N–H and O–H groups in total. The molecule has 0 aromatic heterocycles. The third-order valence-corrected chi connectivity index (χ3v) is 2.94. The minimum Gasteiger partial charge on any atom is -0.382 e. The minimum atomic E-state index is -0.509. The summed E-state index contributed by atoms with van der Waals surface area (Å²) >= 11 is 0. The highest BCUT2D eigenvalue weighted by molar-refractivity contribution is 5.83. The highest BCUT2D eigenvalue weighted by Gasteiger charge is 2.23. The lowest BCUT2D eigenvalue weighted by molar-refractivity contribution is -0.383. The number of carbonyl (C=O) groups is 1. The van der Waals surface area contributed by atoms with Crippen LogP contribution in [0, 0.1) is 10.1 Å². The van der Waals surface area contributed by atoms with Crippen molar-refractivity contribution in [1.29, 1.82) is 0 Å². The number of amides is 1. The van der Waals surface area contributed by atoms with Crippen LogP contribution in [0.3, 0.4) is 0 Å². The molecule has 0 spiro atoms. The van der Waals surface area contributed by atoms with E-state index >= 15 is 0 Å². The molecule has 0 fully saturated rings. The van der Waals surface area contributed by atoms with Crippen LogP contribution in [0.5, 0.6) is 0 Å². The molecule has 1 aromatic rings. The van der Waals surface area contributed by atoms with E-state index in [1.54, 1.807) is 30.1 Å². The number of hydrogen-bond acceptors (Lipinski definition) is 5. The van der Waals surface area contributed by atoms with Gasteiger partial charge in [-0.3, -0.25) is 14.9 Å². The van der Waals surface area contributed by atoms with Gasteiger partial charge in [0.25, 0.3) is 0 Å². The first-order chi connectivity index (χ1) is 9.51. The highest BCUT2D eigenvalue weighted by Crippen LogP contribution is 2.35. The second kappa shape index (κ2) is 7.32. The van der Waals surface area contributed by atoms with Gasteiger partial charge in [0.1, 0.15) is 11.4 Å². The summed E-state index contributed by atoms with van der Waals surface area (Å²) in [5.41, 5.74) is 6.02. The smallest absolute Gasteiger partial charge is 0.315 e. The Morgan fingerprint density at radius 2 is 2.20 bits per heavy atom. The van der Waals surface area contributed by atoms with Gasteiger partial charge in [0.2, 0.25) is 5.91 Å². The number of rotatable bonds is 8. The molecule has 0 aliphatic rings. The number of nitrogens with one attached hydrogen (secondary N) is 1. The predicted molar refractivity (Wildman–Crippen MR) is 79.0 cm³/mol. The molecule has 0 aliphatic carbocycles. The van der Waals surface area contributed by atoms with Crippen molar-refractivity contribution in [3.05, 3.63) is 28.3 Å². The average molecular weight is 280 g/mol. The fourth-order valence-electron chi connectivity index (χ4n) is 2.00. The largest absolute Gasteiger partial charge is 0.382 e. The van der Waals surface area contributed by atoms with Gasteiger partial charge in [-0.2, -0.15) is 0 Å². The Kier molecular flexibility index (Phi) is 5.76. The summed E-state index contributed by atoms with van der Waals surface area (Å²) in [6.45, 7) is 2.53. The molecule has 0 unspecified atom stereocenters. The second-order valence-corrected chi connectivity index (χ2v) is 4.42. The van der Waals surface area contributed by atoms with Crippen molar-refractivity contribution in [2.24, 2.45) is 5.73 Å². The Bertz CT molecular complexity index is 491. The van der Waals surface area contributed by atoms with Crippen molar-refractivity contribution >= 4 is 23.0 Å². The van der Waals surface area contributed by atoms with Gasteiger partial charge in [-0.1, -0.05) is 19.4 Å². The summed E-state index contributed by atoms with van der Waals surface area (Å²) in [7, 11) is 1.62. The van der Waals surface area contributed by atoms with E-state index in [1.165, 1.54) is 0 Å². The first-order valence-electron chi connectivity index (χ1n) is 6.49. The van der Waals surface area contributed by atoms with Crippen molar-refractivity contribution in [2.45, 2.75) is 19.8 Å². The molecule has 7 nitrogen and oxygen atoms in total. The van der Waals surface area contributed by atoms with Gasteiger partial charge in [-0.25, -0.2) is 0 Å². The topological polar surface area (TPSA) is 102 Å². The lowest BCUT2D eigenvalue weighted by Gasteiger charge is -2.23. The van der Waals surface area contributed by atoms with Crippen LogP contribution < -0.4 is 16.0 Å². The lowest BCUT2D eigenvalue weighted by Crippen LogP contribution is -2.35. The number of nitrogens with zero attached hydrogens (tertiary/aromatic N) is 2. The van der Waals surface area contributed by atoms with E-state index in [0.29, 0.717) is 17.9 Å². The molecule has 20 heavy (non-hydrogen) atoms. The molecule has 110 valence electrons. The first kappa shape index (κ1) is 15.7. The van der Waals surface area contributed by atoms with Crippen molar-refractivity contribution in [2.75, 3.05) is 30.4 Å². The quantitative estimate of drug-likeness (QED) is 0.557. The van der Waals surface area contributed by atoms with Crippen molar-refractivity contribution < 1.29 is 9.72 Å². The van der Waals surface area contributed by atoms with E-state index < -0.39 is 10.8 Å². The van der Waals surface area contributed by atoms with Crippen LogP contribution in [0.4, 0.5) is 17.1 Å². The minimum absolute atomic E-state index is 0.0337. The van der Waals surface area contributed by atoms with Gasteiger partial charge in [-0.05, 0) is 18.6 Å². The van der Waals surface area contributed by atoms with E-state index in [1.807, 2.05) is 6.92 Å². The molecule has 0 bridgehead atoms. The van der Waals surface area contributed by atoms with Crippen LogP contribution in [-0.4, -0.2) is 31.0 Å². The maximum atomic E-state index is 11.3. The van der Waals surface area contributed by atoms with E-state index in [4.69, 9.17) is 5.73 Å². The highest BCUT2D eigenvalue weighted by atomic mass is 16.6. The monoisotopic (exact) mass is 280 g/mol. The molecular formula is C13H20N4O3. The third kappa shape index (κ3) is 3.84. The number of carbonyl (C=O) groups excluding carboxylic acids is 1. The fraction of sp³-hybridized carbons (Fsp3) is 0.462. The van der Waals surface area contributed by atoms with Crippen molar-refractivity contribution in [1.82, 2.24) is 0 Å². The maximum Gasteiger partial charge on any atom is 0.315 e. The van der Waals surface area contributed by atoms with E-state index in [-0.39, 0.29) is 12.2 Å². The summed E-state index contributed by atoms with van der Waals surface area (Å²) in [4.78, 5) is 23.7. The number of hydrogen-bond donors (Lipinski definition) is 2. The number of nitro benzene ring substituents is 1. The summed E-state index contributed by atoms with van der Waals surface area (Å²) in [5.74, 6) is -0.509. The Morgan fingerprint density at radius 3 is 2.70 bits per heavy atom. The number of anilines is 2. The SMILES string of the molecule is CCCCN(CC(N)=O)c1cccc(NC)c1[N+](=O)[O-]. The maximum absolute atomic E-state index is 11.3. The van der Waals surface area contributed by atoms with Crippen LogP contribution in [0.15, 0.2) is 18.2 Å². The van der Waals surface area contributed by atoms with Crippen LogP contribution >= 0.6 is 0 Å². The normalized spacial score (nSPS) is 10.1. The average Bonchev–Trinajstić information content (AvgIpc) is 2.41. The Hall–Kier alpha value is -2.31. The zero-order valence-corrected chi connectivity index (χ0v) is 11.8. The lowest BCUT2D eigenvalue weighted by atomic mass is 10.2. The molecule has 0 aliphatic heterocycles. The van der Waals surface area contributed by atoms with Gasteiger partial charge in [-0.15, -0.1) is 0 Å². The van der Waals surface area contributed by atoms with Crippen LogP contribution in [-0.2, 0) is 4.79 Å². The van der Waals surface area contributed by atoms with E-state index in [2.05, 4.69) is 5.32 Å². The van der Waals surface area contributed by atoms with Crippen LogP contribution in [0.2, 0.25) is 0 Å². The zero-order chi connectivity index (χ0) is 15.1. The molecule has 7 heteroatoms. The molecule has 0 saturated heterocycles. The molecule has 0 atom stereocenters. The summed E-state index contributed by atoms with van der Waals surface area (Å²) in [6, 6.07) is 4.98. The van der Waals surface area contributed by atoms with Crippen LogP contribution in [0.1, 0.15) is 19.8 Å². The van der Waals surface area contributed by atoms with Gasteiger partial charge in [0.15, 0.2) is 0 Å². The number of nitro groups is 1. The number of benzene rings is 1. The first-order valence-corrected chi connectivity index (χ1v) is 6.49. The molecule has 1 amide bonds. The molecule has 1 aromatic carbocycles. The molecule has 0 radical (unpaired) electrons. The number of primary amides is 1. The van der Waals surface area contributed by atoms with Gasteiger partial charge < -0.3 is 16.0 Å². The number of unbranched alkanes of at least 4 members (excludes halogenated alkanes) is 1. The summed E-state index contributed by atoms with van der Waals surface area (Å²) in [6.07, 6.45) is 1.75. The molecule has 0 heterocycles. The van der Waals surface area contributed by atoms with Gasteiger partial charge in [0.05, 0.1) is 11.5 Å². The summed E-state index contributed by atoms with van der Waals surface area (Å²) < 4.78 is 0. The second-order valence-electron chi connectivity index (χ2n) is 4.42. The third-order valence-electron chi connectivity index (χ3n) is 2.94. The summed E-state index contributed by atoms with van der Waals surface area (Å²) in [5, 5.41) is 14.1.